The van der Waals surface area contributed by atoms with Crippen LogP contribution in [0, 0.1) is 5.92 Å². The molecule has 4 N–H and O–H groups in total. The molecule has 0 bridgehead atoms. The van der Waals surface area contributed by atoms with E-state index in [-0.39, 0.29) is 30.2 Å². The number of benzene rings is 1. The predicted molar refractivity (Wildman–Crippen MR) is 96.5 cm³/mol. The SMILES string of the molecule is CC(CCC(=O)N(Cc1ccccc1)C1CCCNC[C@@H]1O)C(N)=O. The summed E-state index contributed by atoms with van der Waals surface area (Å²) < 4.78 is 0. The first-order chi connectivity index (χ1) is 12.0. The van der Waals surface area contributed by atoms with Gasteiger partial charge in [-0.15, -0.1) is 0 Å². The molecule has 3 atom stereocenters. The van der Waals surface area contributed by atoms with Crippen molar-refractivity contribution in [2.75, 3.05) is 13.1 Å². The van der Waals surface area contributed by atoms with Crippen LogP contribution >= 0.6 is 0 Å². The summed E-state index contributed by atoms with van der Waals surface area (Å²) in [4.78, 5) is 25.9. The third-order valence-corrected chi connectivity index (χ3v) is 4.84. The Kier molecular flexibility index (Phi) is 7.40. The van der Waals surface area contributed by atoms with Crippen LogP contribution in [0.1, 0.15) is 38.2 Å². The highest BCUT2D eigenvalue weighted by Crippen LogP contribution is 2.20. The third-order valence-electron chi connectivity index (χ3n) is 4.84. The molecule has 6 heteroatoms. The molecule has 0 saturated carbocycles. The number of hydrogen-bond acceptors (Lipinski definition) is 4. The fraction of sp³-hybridized carbons (Fsp3) is 0.579. The standard InChI is InChI=1S/C19H29N3O3/c1-14(19(20)25)9-10-18(24)22(13-15-6-3-2-4-7-15)16-8-5-11-21-12-17(16)23/h2-4,6-7,14,16-17,21,23H,5,8-13H2,1H3,(H2,20,25)/t14?,16?,17-/m0/s1. The number of aliphatic hydroxyl groups is 1. The van der Waals surface area contributed by atoms with E-state index in [1.54, 1.807) is 11.8 Å². The smallest absolute Gasteiger partial charge is 0.223 e. The second-order valence-electron chi connectivity index (χ2n) is 6.83. The van der Waals surface area contributed by atoms with Gasteiger partial charge >= 0.3 is 0 Å². The zero-order chi connectivity index (χ0) is 18.2. The number of carbonyl (C=O) groups is 2. The van der Waals surface area contributed by atoms with Crippen molar-refractivity contribution >= 4 is 11.8 Å². The van der Waals surface area contributed by atoms with Crippen molar-refractivity contribution < 1.29 is 14.7 Å². The number of hydrogen-bond donors (Lipinski definition) is 3. The molecule has 1 aromatic rings. The number of β-amino-alcohol motifs (C(OH)–C–C–N with tert-alkyl or cyclic N) is 1. The normalized spacial score (nSPS) is 22.0. The van der Waals surface area contributed by atoms with E-state index in [2.05, 4.69) is 5.32 Å². The van der Waals surface area contributed by atoms with Gasteiger partial charge in [0.1, 0.15) is 0 Å². The molecule has 0 spiro atoms. The highest BCUT2D eigenvalue weighted by Gasteiger charge is 2.31. The highest BCUT2D eigenvalue weighted by atomic mass is 16.3. The molecule has 0 aliphatic carbocycles. The Balaban J connectivity index is 2.12. The van der Waals surface area contributed by atoms with Crippen molar-refractivity contribution in [3.8, 4) is 0 Å². The van der Waals surface area contributed by atoms with Crippen LogP contribution < -0.4 is 11.1 Å². The van der Waals surface area contributed by atoms with Gasteiger partial charge in [0.15, 0.2) is 0 Å². The summed E-state index contributed by atoms with van der Waals surface area (Å²) in [7, 11) is 0. The van der Waals surface area contributed by atoms with Crippen LogP contribution in [0.4, 0.5) is 0 Å². The molecule has 1 aliphatic rings. The van der Waals surface area contributed by atoms with Gasteiger partial charge in [-0.1, -0.05) is 37.3 Å². The van der Waals surface area contributed by atoms with E-state index in [9.17, 15) is 14.7 Å². The van der Waals surface area contributed by atoms with Crippen LogP contribution in [0.5, 0.6) is 0 Å². The average Bonchev–Trinajstić information content (AvgIpc) is 2.82. The molecule has 1 aromatic carbocycles. The van der Waals surface area contributed by atoms with Crippen LogP contribution in [-0.4, -0.2) is 47.1 Å². The Morgan fingerprint density at radius 3 is 2.76 bits per heavy atom. The van der Waals surface area contributed by atoms with Gasteiger partial charge in [0.2, 0.25) is 11.8 Å². The van der Waals surface area contributed by atoms with Gasteiger partial charge in [0.25, 0.3) is 0 Å². The lowest BCUT2D eigenvalue weighted by Gasteiger charge is -2.34. The van der Waals surface area contributed by atoms with Crippen LogP contribution in [-0.2, 0) is 16.1 Å². The van der Waals surface area contributed by atoms with Crippen LogP contribution in [0.25, 0.3) is 0 Å². The first-order valence-corrected chi connectivity index (χ1v) is 9.00. The summed E-state index contributed by atoms with van der Waals surface area (Å²) in [5, 5.41) is 13.7. The first kappa shape index (κ1) is 19.4. The summed E-state index contributed by atoms with van der Waals surface area (Å²) >= 11 is 0. The van der Waals surface area contributed by atoms with Crippen molar-refractivity contribution in [1.82, 2.24) is 10.2 Å². The van der Waals surface area contributed by atoms with E-state index in [0.29, 0.717) is 19.5 Å². The van der Waals surface area contributed by atoms with Crippen molar-refractivity contribution in [2.45, 2.75) is 51.3 Å². The van der Waals surface area contributed by atoms with Crippen molar-refractivity contribution in [1.29, 1.82) is 0 Å². The highest BCUT2D eigenvalue weighted by molar-refractivity contribution is 5.79. The van der Waals surface area contributed by atoms with Crippen molar-refractivity contribution in [3.63, 3.8) is 0 Å². The van der Waals surface area contributed by atoms with Crippen LogP contribution in [0.2, 0.25) is 0 Å². The molecule has 1 fully saturated rings. The van der Waals surface area contributed by atoms with Gasteiger partial charge in [-0.05, 0) is 31.4 Å². The van der Waals surface area contributed by atoms with Crippen molar-refractivity contribution in [3.05, 3.63) is 35.9 Å². The number of aliphatic hydroxyl groups excluding tert-OH is 1. The quantitative estimate of drug-likeness (QED) is 0.686. The summed E-state index contributed by atoms with van der Waals surface area (Å²) in [5.74, 6) is -0.757. The average molecular weight is 347 g/mol. The number of nitrogens with zero attached hydrogens (tertiary/aromatic N) is 1. The molecule has 2 rings (SSSR count). The van der Waals surface area contributed by atoms with Gasteiger partial charge in [-0.2, -0.15) is 0 Å². The summed E-state index contributed by atoms with van der Waals surface area (Å²) in [5.41, 5.74) is 6.33. The molecule has 1 heterocycles. The molecule has 2 amide bonds. The lowest BCUT2D eigenvalue weighted by Crippen LogP contribution is -2.48. The maximum atomic E-state index is 12.9. The second-order valence-corrected chi connectivity index (χ2v) is 6.83. The molecule has 25 heavy (non-hydrogen) atoms. The summed E-state index contributed by atoms with van der Waals surface area (Å²) in [6, 6.07) is 9.57. The van der Waals surface area contributed by atoms with E-state index in [1.165, 1.54) is 0 Å². The van der Waals surface area contributed by atoms with Crippen LogP contribution in [0.3, 0.4) is 0 Å². The van der Waals surface area contributed by atoms with E-state index in [1.807, 2.05) is 30.3 Å². The largest absolute Gasteiger partial charge is 0.390 e. The Labute approximate surface area is 149 Å². The fourth-order valence-electron chi connectivity index (χ4n) is 3.17. The zero-order valence-electron chi connectivity index (χ0n) is 14.9. The number of rotatable bonds is 7. The van der Waals surface area contributed by atoms with Gasteiger partial charge < -0.3 is 21.1 Å². The van der Waals surface area contributed by atoms with Gasteiger partial charge in [0.05, 0.1) is 12.1 Å². The predicted octanol–water partition coefficient (Wildman–Crippen LogP) is 1.03. The van der Waals surface area contributed by atoms with E-state index in [4.69, 9.17) is 5.73 Å². The molecule has 1 saturated heterocycles. The molecule has 2 unspecified atom stereocenters. The minimum absolute atomic E-state index is 0.0390. The van der Waals surface area contributed by atoms with Crippen molar-refractivity contribution in [2.24, 2.45) is 11.7 Å². The molecular weight excluding hydrogens is 318 g/mol. The topological polar surface area (TPSA) is 95.7 Å². The van der Waals surface area contributed by atoms with E-state index in [0.717, 1.165) is 24.9 Å². The number of primary amides is 1. The van der Waals surface area contributed by atoms with Gasteiger partial charge in [-0.25, -0.2) is 0 Å². The fourth-order valence-corrected chi connectivity index (χ4v) is 3.17. The molecule has 138 valence electrons. The summed E-state index contributed by atoms with van der Waals surface area (Å²) in [6.45, 7) is 3.54. The lowest BCUT2D eigenvalue weighted by molar-refractivity contribution is -0.137. The zero-order valence-corrected chi connectivity index (χ0v) is 14.9. The second kappa shape index (κ2) is 9.53. The van der Waals surface area contributed by atoms with Gasteiger partial charge in [-0.3, -0.25) is 9.59 Å². The van der Waals surface area contributed by atoms with E-state index < -0.39 is 6.10 Å². The number of amides is 2. The molecule has 0 aromatic heterocycles. The van der Waals surface area contributed by atoms with Gasteiger partial charge in [0, 0.05) is 25.4 Å². The monoisotopic (exact) mass is 347 g/mol. The Morgan fingerprint density at radius 2 is 2.08 bits per heavy atom. The van der Waals surface area contributed by atoms with E-state index >= 15 is 0 Å². The maximum absolute atomic E-state index is 12.9. The Morgan fingerprint density at radius 1 is 1.36 bits per heavy atom. The number of nitrogens with one attached hydrogen (secondary N) is 1. The third kappa shape index (κ3) is 5.83. The molecular formula is C19H29N3O3. The first-order valence-electron chi connectivity index (χ1n) is 9.00. The molecule has 0 radical (unpaired) electrons. The summed E-state index contributed by atoms with van der Waals surface area (Å²) in [6.07, 6.45) is 1.77. The Bertz CT molecular complexity index is 564. The lowest BCUT2D eigenvalue weighted by atomic mass is 10.0. The van der Waals surface area contributed by atoms with Crippen LogP contribution in [0.15, 0.2) is 30.3 Å². The minimum Gasteiger partial charge on any atom is -0.390 e. The Hall–Kier alpha value is -1.92. The molecule has 1 aliphatic heterocycles. The maximum Gasteiger partial charge on any atom is 0.223 e. The number of carbonyl (C=O) groups excluding carboxylic acids is 2. The minimum atomic E-state index is -0.594. The number of nitrogens with two attached hydrogens (primary N) is 1. The molecule has 6 nitrogen and oxygen atoms in total.